The van der Waals surface area contributed by atoms with Gasteiger partial charge in [-0.2, -0.15) is 0 Å². The Bertz CT molecular complexity index is 1600. The predicted octanol–water partition coefficient (Wildman–Crippen LogP) is -5.19. The number of nitrogens with two attached hydrogens (primary N) is 1. The Balaban J connectivity index is 1.61. The fourth-order valence-electron chi connectivity index (χ4n) is 6.03. The van der Waals surface area contributed by atoms with Gasteiger partial charge in [0, 0.05) is 26.8 Å². The molecule has 0 bridgehead atoms. The first kappa shape index (κ1) is 54.8. The first-order chi connectivity index (χ1) is 30.4. The molecule has 368 valence electrons. The van der Waals surface area contributed by atoms with Crippen molar-refractivity contribution >= 4 is 31.6 Å². The third kappa shape index (κ3) is 17.1. The lowest BCUT2D eigenvalue weighted by Crippen LogP contribution is -2.68. The lowest BCUT2D eigenvalue weighted by atomic mass is 9.88. The van der Waals surface area contributed by atoms with E-state index in [0.717, 1.165) is 0 Å². The number of methoxy groups -OCH3 is 2. The van der Waals surface area contributed by atoms with Crippen molar-refractivity contribution in [2.75, 3.05) is 100 Å². The van der Waals surface area contributed by atoms with Crippen molar-refractivity contribution in [1.29, 1.82) is 0 Å². The number of carbonyl (C=O) groups is 3. The lowest BCUT2D eigenvalue weighted by molar-refractivity contribution is -0.289. The highest BCUT2D eigenvalue weighted by Gasteiger charge is 2.59. The number of amidine groups is 1. The Kier molecular flexibility index (Phi) is 23.3. The number of aliphatic carboxylic acids is 1. The zero-order chi connectivity index (χ0) is 47.5. The maximum Gasteiger partial charge on any atom is 0.475 e. The molecule has 28 nitrogen and oxygen atoms in total. The molecule has 0 radical (unpaired) electrons. The first-order valence-electron chi connectivity index (χ1n) is 19.7. The van der Waals surface area contributed by atoms with E-state index in [4.69, 9.17) is 57.4 Å². The Morgan fingerprint density at radius 1 is 1.02 bits per heavy atom. The summed E-state index contributed by atoms with van der Waals surface area (Å²) >= 11 is 0. The molecule has 2 fully saturated rings. The Hall–Kier alpha value is -3.49. The normalized spacial score (nSPS) is 28.2. The van der Waals surface area contributed by atoms with Gasteiger partial charge in [-0.15, -0.1) is 0 Å². The van der Waals surface area contributed by atoms with Crippen molar-refractivity contribution in [3.63, 3.8) is 0 Å². The Morgan fingerprint density at radius 3 is 2.28 bits per heavy atom. The summed E-state index contributed by atoms with van der Waals surface area (Å²) in [4.78, 5) is 54.0. The summed E-state index contributed by atoms with van der Waals surface area (Å²) in [5.41, 5.74) is 5.62. The van der Waals surface area contributed by atoms with E-state index in [1.165, 1.54) is 31.4 Å². The maximum atomic E-state index is 13.2. The number of rotatable bonds is 30. The van der Waals surface area contributed by atoms with Crippen molar-refractivity contribution in [3.05, 3.63) is 24.7 Å². The molecule has 4 unspecified atom stereocenters. The number of ether oxygens (including phenoxy) is 9. The molecule has 0 aromatic rings. The number of nitrogens with zero attached hydrogens (tertiary/aromatic N) is 2. The molecule has 0 aromatic heterocycles. The Labute approximate surface area is 366 Å². The van der Waals surface area contributed by atoms with Crippen molar-refractivity contribution in [2.24, 2.45) is 10.7 Å². The molecule has 0 aliphatic carbocycles. The minimum Gasteiger partial charge on any atom is -0.477 e. The molecule has 12 atom stereocenters. The number of carboxylic acid groups (broad SMARTS) is 1. The number of carboxylic acids is 1. The molecule has 3 rings (SSSR count). The summed E-state index contributed by atoms with van der Waals surface area (Å²) in [5.74, 6) is -6.47. The van der Waals surface area contributed by atoms with Crippen molar-refractivity contribution in [1.82, 2.24) is 15.5 Å². The second-order valence-electron chi connectivity index (χ2n) is 14.1. The fraction of sp³-hybridized carbons (Fsp3) is 0.771. The van der Waals surface area contributed by atoms with Gasteiger partial charge in [-0.05, 0) is 6.08 Å². The second kappa shape index (κ2) is 27.2. The largest absolute Gasteiger partial charge is 0.477 e. The van der Waals surface area contributed by atoms with E-state index in [1.807, 2.05) is 0 Å². The third-order valence-electron chi connectivity index (χ3n) is 9.30. The average molecular weight is 950 g/mol. The van der Waals surface area contributed by atoms with Crippen molar-refractivity contribution < 1.29 is 111 Å². The van der Waals surface area contributed by atoms with Gasteiger partial charge in [0.05, 0.1) is 84.8 Å². The molecule has 29 heteroatoms. The van der Waals surface area contributed by atoms with Crippen LogP contribution in [0.1, 0.15) is 6.42 Å². The molecular formula is C35H60N5O23P. The van der Waals surface area contributed by atoms with Crippen LogP contribution in [-0.2, 0) is 65.8 Å². The Morgan fingerprint density at radius 2 is 1.66 bits per heavy atom. The minimum atomic E-state index is -5.63. The molecule has 2 saturated heterocycles. The highest BCUT2D eigenvalue weighted by Crippen LogP contribution is 2.51. The van der Waals surface area contributed by atoms with Crippen LogP contribution in [0.2, 0.25) is 0 Å². The number of carbonyl (C=O) groups excluding carboxylic acids is 2. The van der Waals surface area contributed by atoms with Crippen molar-refractivity contribution in [2.45, 2.75) is 73.3 Å². The predicted molar refractivity (Wildman–Crippen MR) is 211 cm³/mol. The molecule has 64 heavy (non-hydrogen) atoms. The van der Waals surface area contributed by atoms with Crippen LogP contribution in [0.5, 0.6) is 0 Å². The van der Waals surface area contributed by atoms with E-state index < -0.39 is 119 Å². The topological polar surface area (TPSA) is 397 Å². The van der Waals surface area contributed by atoms with Crippen molar-refractivity contribution in [3.8, 4) is 0 Å². The second-order valence-corrected chi connectivity index (χ2v) is 15.4. The molecule has 12 N–H and O–H groups in total. The smallest absolute Gasteiger partial charge is 0.475 e. The van der Waals surface area contributed by atoms with Gasteiger partial charge in [-0.1, -0.05) is 6.58 Å². The molecular weight excluding hydrogens is 889 g/mol. The quantitative estimate of drug-likeness (QED) is 0.0237. The average Bonchev–Trinajstić information content (AvgIpc) is 3.53. The van der Waals surface area contributed by atoms with Gasteiger partial charge >= 0.3 is 19.9 Å². The number of phosphoric ester groups is 1. The van der Waals surface area contributed by atoms with E-state index in [0.29, 0.717) is 26.4 Å². The van der Waals surface area contributed by atoms with Gasteiger partial charge < -0.3 is 105 Å². The van der Waals surface area contributed by atoms with E-state index in [-0.39, 0.29) is 51.3 Å². The molecule has 3 heterocycles. The summed E-state index contributed by atoms with van der Waals surface area (Å²) in [6, 6.07) is -1.82. The van der Waals surface area contributed by atoms with E-state index in [9.17, 15) is 59.6 Å². The van der Waals surface area contributed by atoms with Crippen LogP contribution >= 0.6 is 7.82 Å². The van der Waals surface area contributed by atoms with E-state index in [2.05, 4.69) is 22.2 Å². The highest BCUT2D eigenvalue weighted by molar-refractivity contribution is 7.47. The van der Waals surface area contributed by atoms with Crippen LogP contribution in [0.3, 0.4) is 0 Å². The zero-order valence-corrected chi connectivity index (χ0v) is 36.0. The lowest BCUT2D eigenvalue weighted by Gasteiger charge is -2.46. The number of aliphatic hydroxyl groups excluding tert-OH is 6. The molecule has 2 amide bonds. The van der Waals surface area contributed by atoms with Crippen LogP contribution in [0, 0.1) is 0 Å². The number of nitrogens with one attached hydrogen (secondary N) is 2. The highest BCUT2D eigenvalue weighted by atomic mass is 31.2. The minimum absolute atomic E-state index is 0.0165. The molecule has 0 spiro atoms. The maximum absolute atomic E-state index is 13.2. The third-order valence-corrected chi connectivity index (χ3v) is 10.3. The van der Waals surface area contributed by atoms with Gasteiger partial charge in [0.15, 0.2) is 6.23 Å². The number of alkyl carbamates (subject to hydrolysis) is 1. The number of hydrogen-bond acceptors (Lipinski definition) is 24. The number of aliphatic hydroxyl groups is 6. The SMILES string of the molecule is C=C1N=C(N)C=CN1[C@@H]1OC(COP(=O)(O)O[C@@]2(C(=O)O)C[C@H](O)[C@@H](NC(=O)CNC(=O)OCC(COCCOCCOC)OCCOCCOC)C([C@H](O)[C@H](O)CO)O2)[C@@H](O)[C@H]1O. The molecule has 3 aliphatic heterocycles. The number of aliphatic imine (C=N–C) groups is 1. The monoisotopic (exact) mass is 949 g/mol. The van der Waals surface area contributed by atoms with Crippen LogP contribution in [0.15, 0.2) is 29.7 Å². The fourth-order valence-corrected chi connectivity index (χ4v) is 6.99. The van der Waals surface area contributed by atoms with Gasteiger partial charge in [0.25, 0.3) is 5.79 Å². The van der Waals surface area contributed by atoms with Crippen LogP contribution in [0.25, 0.3) is 0 Å². The van der Waals surface area contributed by atoms with Gasteiger partial charge in [-0.3, -0.25) is 9.32 Å². The summed E-state index contributed by atoms with van der Waals surface area (Å²) in [6.45, 7) is 2.49. The summed E-state index contributed by atoms with van der Waals surface area (Å²) < 4.78 is 70.9. The van der Waals surface area contributed by atoms with Gasteiger partial charge in [0.2, 0.25) is 5.91 Å². The molecule has 0 saturated carbocycles. The molecule has 3 aliphatic rings. The van der Waals surface area contributed by atoms with Crippen LogP contribution in [-0.4, -0.2) is 236 Å². The number of phosphoric acid groups is 1. The number of hydrogen-bond donors (Lipinski definition) is 11. The molecule has 0 aromatic carbocycles. The number of amides is 2. The van der Waals surface area contributed by atoms with Crippen LogP contribution in [0.4, 0.5) is 4.79 Å². The van der Waals surface area contributed by atoms with Gasteiger partial charge in [-0.25, -0.2) is 23.7 Å². The zero-order valence-electron chi connectivity index (χ0n) is 35.2. The van der Waals surface area contributed by atoms with E-state index in [1.54, 1.807) is 0 Å². The van der Waals surface area contributed by atoms with Gasteiger partial charge in [0.1, 0.15) is 67.5 Å². The summed E-state index contributed by atoms with van der Waals surface area (Å²) in [7, 11) is -2.58. The standard InChI is InChI=1S/C35H60N5O23P/c1-20-38-25(36)4-5-40(20)32-30(47)29(46)24(61-32)19-60-64(51,52)63-35(33(48)49)14-22(42)27(31(62-35)28(45)23(43)16-41)39-26(44)15-37-34(50)59-18-21(58-13-12-56-9-7-54-3)17-57-11-10-55-8-6-53-2/h4-5,21-24,27-32,41-43,45-47H,1,6-19H2,2-3H3,(H2,36,38)(H,37,50)(H,39,44)(H,48,49)(H,51,52)/t21?,22-,23+,24?,27+,28+,29+,30+,31?,32+,35+/m0/s1. The van der Waals surface area contributed by atoms with E-state index >= 15 is 0 Å². The summed E-state index contributed by atoms with van der Waals surface area (Å²) in [5, 5.41) is 77.5. The summed E-state index contributed by atoms with van der Waals surface area (Å²) in [6.07, 6.45) is -15.4. The first-order valence-corrected chi connectivity index (χ1v) is 21.2. The van der Waals surface area contributed by atoms with Crippen LogP contribution < -0.4 is 16.4 Å².